The Labute approximate surface area is 110 Å². The summed E-state index contributed by atoms with van der Waals surface area (Å²) in [5, 5.41) is 0. The van der Waals surface area contributed by atoms with Gasteiger partial charge in [0.2, 0.25) is 0 Å². The lowest BCUT2D eigenvalue weighted by Crippen LogP contribution is -2.42. The van der Waals surface area contributed by atoms with Crippen molar-refractivity contribution >= 4 is 23.2 Å². The van der Waals surface area contributed by atoms with E-state index in [1.807, 2.05) is 0 Å². The van der Waals surface area contributed by atoms with E-state index in [2.05, 4.69) is 0 Å². The highest BCUT2D eigenvalue weighted by Gasteiger charge is 2.42. The molecule has 0 saturated heterocycles. The Morgan fingerprint density at radius 1 is 1.37 bits per heavy atom. The molecule has 1 heterocycles. The average molecular weight is 263 g/mol. The number of hydrogen-bond acceptors (Lipinski definition) is 3. The largest absolute Gasteiger partial charge is 0.300 e. The third-order valence-electron chi connectivity index (χ3n) is 3.31. The third kappa shape index (κ3) is 1.95. The normalized spacial score (nSPS) is 15.7. The smallest absolute Gasteiger partial charge is 0.297 e. The van der Waals surface area contributed by atoms with E-state index < -0.39 is 23.5 Å². The molecule has 5 heteroatoms. The van der Waals surface area contributed by atoms with Crippen molar-refractivity contribution in [2.24, 2.45) is 0 Å². The van der Waals surface area contributed by atoms with E-state index in [9.17, 15) is 18.8 Å². The molecule has 0 fully saturated rings. The fourth-order valence-electron chi connectivity index (χ4n) is 2.29. The predicted octanol–water partition coefficient (Wildman–Crippen LogP) is 2.03. The van der Waals surface area contributed by atoms with Gasteiger partial charge in [-0.3, -0.25) is 19.3 Å². The molecule has 1 aromatic rings. The van der Waals surface area contributed by atoms with Gasteiger partial charge < -0.3 is 0 Å². The first-order chi connectivity index (χ1) is 8.88. The minimum Gasteiger partial charge on any atom is -0.297 e. The van der Waals surface area contributed by atoms with Crippen LogP contribution in [-0.2, 0) is 9.59 Å². The Hall–Kier alpha value is -2.04. The summed E-state index contributed by atoms with van der Waals surface area (Å²) >= 11 is 0. The SMILES string of the molecule is CCC(=O)C(C)N1C(=O)C(=O)c2cc(C)cc(F)c21. The molecule has 1 aliphatic rings. The van der Waals surface area contributed by atoms with E-state index in [-0.39, 0.29) is 23.5 Å². The van der Waals surface area contributed by atoms with E-state index in [1.54, 1.807) is 13.8 Å². The number of carbonyl (C=O) groups is 3. The number of Topliss-reactive ketones (excluding diaryl/α,β-unsaturated/α-hetero) is 2. The fourth-order valence-corrected chi connectivity index (χ4v) is 2.29. The number of fused-ring (bicyclic) bond motifs is 1. The van der Waals surface area contributed by atoms with Gasteiger partial charge in [0.25, 0.3) is 11.7 Å². The summed E-state index contributed by atoms with van der Waals surface area (Å²) in [7, 11) is 0. The molecule has 4 nitrogen and oxygen atoms in total. The van der Waals surface area contributed by atoms with Crippen molar-refractivity contribution in [1.29, 1.82) is 0 Å². The van der Waals surface area contributed by atoms with Gasteiger partial charge in [-0.05, 0) is 31.5 Å². The van der Waals surface area contributed by atoms with E-state index in [0.717, 1.165) is 4.90 Å². The number of nitrogens with zero attached hydrogens (tertiary/aromatic N) is 1. The van der Waals surface area contributed by atoms with Crippen molar-refractivity contribution in [2.45, 2.75) is 33.2 Å². The molecule has 0 aromatic heterocycles. The molecule has 1 aliphatic heterocycles. The highest BCUT2D eigenvalue weighted by atomic mass is 19.1. The van der Waals surface area contributed by atoms with E-state index in [4.69, 9.17) is 0 Å². The molecule has 19 heavy (non-hydrogen) atoms. The molecule has 0 aliphatic carbocycles. The highest BCUT2D eigenvalue weighted by molar-refractivity contribution is 6.52. The fraction of sp³-hybridized carbons (Fsp3) is 0.357. The molecule has 0 saturated carbocycles. The summed E-state index contributed by atoms with van der Waals surface area (Å²) in [6, 6.07) is 1.89. The Morgan fingerprint density at radius 3 is 2.58 bits per heavy atom. The van der Waals surface area contributed by atoms with E-state index in [1.165, 1.54) is 19.1 Å². The molecule has 0 spiro atoms. The van der Waals surface area contributed by atoms with E-state index in [0.29, 0.717) is 5.56 Å². The zero-order valence-corrected chi connectivity index (χ0v) is 11.0. The number of benzene rings is 1. The summed E-state index contributed by atoms with van der Waals surface area (Å²) in [4.78, 5) is 36.5. The van der Waals surface area contributed by atoms with Crippen LogP contribution in [0.2, 0.25) is 0 Å². The third-order valence-corrected chi connectivity index (χ3v) is 3.31. The van der Waals surface area contributed by atoms with Crippen molar-refractivity contribution < 1.29 is 18.8 Å². The quantitative estimate of drug-likeness (QED) is 0.784. The molecule has 2 rings (SSSR count). The number of halogens is 1. The van der Waals surface area contributed by atoms with Gasteiger partial charge in [0.15, 0.2) is 5.78 Å². The van der Waals surface area contributed by atoms with Gasteiger partial charge in [0, 0.05) is 6.42 Å². The predicted molar refractivity (Wildman–Crippen MR) is 67.7 cm³/mol. The first-order valence-electron chi connectivity index (χ1n) is 6.09. The van der Waals surface area contributed by atoms with Crippen LogP contribution < -0.4 is 4.90 Å². The minimum atomic E-state index is -0.839. The van der Waals surface area contributed by atoms with Crippen molar-refractivity contribution in [3.05, 3.63) is 29.1 Å². The summed E-state index contributed by atoms with van der Waals surface area (Å²) in [6.45, 7) is 4.81. The van der Waals surface area contributed by atoms with Crippen LogP contribution >= 0.6 is 0 Å². The van der Waals surface area contributed by atoms with Gasteiger partial charge in [0.1, 0.15) is 5.82 Å². The zero-order chi connectivity index (χ0) is 14.3. The number of anilines is 1. The standard InChI is InChI=1S/C14H14FNO3/c1-4-11(17)8(3)16-12-9(13(18)14(16)19)5-7(2)6-10(12)15/h5-6,8H,4H2,1-3H3. The lowest BCUT2D eigenvalue weighted by molar-refractivity contribution is -0.122. The van der Waals surface area contributed by atoms with Gasteiger partial charge in [-0.2, -0.15) is 0 Å². The topological polar surface area (TPSA) is 54.5 Å². The summed E-state index contributed by atoms with van der Waals surface area (Å²) in [6.07, 6.45) is 0.224. The van der Waals surface area contributed by atoms with Crippen LogP contribution in [0.25, 0.3) is 0 Å². The molecule has 1 unspecified atom stereocenters. The molecule has 0 bridgehead atoms. The van der Waals surface area contributed by atoms with E-state index >= 15 is 0 Å². The minimum absolute atomic E-state index is 0.0400. The zero-order valence-electron chi connectivity index (χ0n) is 11.0. The molecule has 100 valence electrons. The van der Waals surface area contributed by atoms with Gasteiger partial charge in [-0.25, -0.2) is 4.39 Å². The highest BCUT2D eigenvalue weighted by Crippen LogP contribution is 2.34. The van der Waals surface area contributed by atoms with Crippen LogP contribution in [-0.4, -0.2) is 23.5 Å². The summed E-state index contributed by atoms with van der Waals surface area (Å²) in [5.41, 5.74) is 0.530. The molecular weight excluding hydrogens is 249 g/mol. The van der Waals surface area contributed by atoms with Crippen LogP contribution in [0.4, 0.5) is 10.1 Å². The Kier molecular flexibility index (Phi) is 3.22. The van der Waals surface area contributed by atoms with Gasteiger partial charge in [-0.1, -0.05) is 6.92 Å². The van der Waals surface area contributed by atoms with Crippen molar-refractivity contribution in [3.63, 3.8) is 0 Å². The number of carbonyl (C=O) groups excluding carboxylic acids is 3. The number of rotatable bonds is 3. The maximum absolute atomic E-state index is 14.0. The van der Waals surface area contributed by atoms with Crippen molar-refractivity contribution in [2.75, 3.05) is 4.90 Å². The Balaban J connectivity index is 2.59. The molecule has 1 atom stereocenters. The second-order valence-electron chi connectivity index (χ2n) is 4.64. The Bertz CT molecular complexity index is 595. The van der Waals surface area contributed by atoms with Crippen LogP contribution in [0, 0.1) is 12.7 Å². The second kappa shape index (κ2) is 4.57. The number of ketones is 2. The maximum atomic E-state index is 14.0. The number of amides is 1. The van der Waals surface area contributed by atoms with Gasteiger partial charge in [-0.15, -0.1) is 0 Å². The van der Waals surface area contributed by atoms with Crippen LogP contribution in [0.1, 0.15) is 36.2 Å². The van der Waals surface area contributed by atoms with Gasteiger partial charge >= 0.3 is 0 Å². The molecule has 0 radical (unpaired) electrons. The number of hydrogen-bond donors (Lipinski definition) is 0. The molecule has 1 aromatic carbocycles. The summed E-state index contributed by atoms with van der Waals surface area (Å²) < 4.78 is 14.0. The van der Waals surface area contributed by atoms with Crippen molar-refractivity contribution in [3.8, 4) is 0 Å². The first-order valence-corrected chi connectivity index (χ1v) is 6.09. The van der Waals surface area contributed by atoms with Crippen LogP contribution in [0.5, 0.6) is 0 Å². The second-order valence-corrected chi connectivity index (χ2v) is 4.64. The monoisotopic (exact) mass is 263 g/mol. The molecule has 0 N–H and O–H groups in total. The average Bonchev–Trinajstić information content (AvgIpc) is 2.61. The Morgan fingerprint density at radius 2 is 2.00 bits per heavy atom. The van der Waals surface area contributed by atoms with Crippen LogP contribution in [0.3, 0.4) is 0 Å². The number of aryl methyl sites for hydroxylation is 1. The maximum Gasteiger partial charge on any atom is 0.300 e. The lowest BCUT2D eigenvalue weighted by Gasteiger charge is -2.23. The lowest BCUT2D eigenvalue weighted by atomic mass is 10.1. The van der Waals surface area contributed by atoms with Crippen LogP contribution in [0.15, 0.2) is 12.1 Å². The first kappa shape index (κ1) is 13.4. The molecular formula is C14H14FNO3. The summed E-state index contributed by atoms with van der Waals surface area (Å²) in [5.74, 6) is -2.46. The van der Waals surface area contributed by atoms with Crippen molar-refractivity contribution in [1.82, 2.24) is 0 Å². The molecule has 1 amide bonds. The van der Waals surface area contributed by atoms with Gasteiger partial charge in [0.05, 0.1) is 17.3 Å².